The minimum absolute atomic E-state index is 0.0759. The van der Waals surface area contributed by atoms with Gasteiger partial charge < -0.3 is 21.1 Å². The predicted octanol–water partition coefficient (Wildman–Crippen LogP) is 3.18. The minimum Gasteiger partial charge on any atom is -0.481 e. The first kappa shape index (κ1) is 25.0. The lowest BCUT2D eigenvalue weighted by molar-refractivity contribution is -0.144. The van der Waals surface area contributed by atoms with Gasteiger partial charge in [-0.25, -0.2) is 0 Å². The van der Waals surface area contributed by atoms with Crippen molar-refractivity contribution >= 4 is 23.6 Å². The second-order valence-corrected chi connectivity index (χ2v) is 9.36. The molecule has 0 aromatic heterocycles. The number of hydrogen-bond donors (Lipinski definition) is 4. The van der Waals surface area contributed by atoms with Crippen LogP contribution in [0.3, 0.4) is 0 Å². The number of carbonyl (C=O) groups is 3. The largest absolute Gasteiger partial charge is 0.481 e. The number of carboxylic acid groups (broad SMARTS) is 1. The molecule has 0 spiro atoms. The molecule has 34 heavy (non-hydrogen) atoms. The summed E-state index contributed by atoms with van der Waals surface area (Å²) in [5, 5.41) is 19.6. The molecular formula is C26H32N4O4. The molecule has 1 aliphatic rings. The van der Waals surface area contributed by atoms with Crippen molar-refractivity contribution in [2.24, 2.45) is 17.1 Å². The lowest BCUT2D eigenvalue weighted by Crippen LogP contribution is -2.51. The number of nitrogens with one attached hydrogen (secondary N) is 2. The molecule has 1 heterocycles. The van der Waals surface area contributed by atoms with Gasteiger partial charge in [0.15, 0.2) is 0 Å². The summed E-state index contributed by atoms with van der Waals surface area (Å²) in [7, 11) is 0. The Morgan fingerprint density at radius 1 is 1.06 bits per heavy atom. The molecule has 0 bridgehead atoms. The Morgan fingerprint density at radius 2 is 1.62 bits per heavy atom. The number of carbonyl (C=O) groups excluding carboxylic acids is 2. The van der Waals surface area contributed by atoms with Crippen LogP contribution in [-0.4, -0.2) is 46.7 Å². The number of nitrogen functional groups attached to an aromatic ring is 1. The molecule has 2 aromatic rings. The summed E-state index contributed by atoms with van der Waals surface area (Å²) in [6.07, 6.45) is 1.43. The molecule has 0 aliphatic carbocycles. The van der Waals surface area contributed by atoms with Crippen molar-refractivity contribution in [2.75, 3.05) is 13.1 Å². The third-order valence-corrected chi connectivity index (χ3v) is 6.50. The van der Waals surface area contributed by atoms with Crippen molar-refractivity contribution in [3.63, 3.8) is 0 Å². The first-order valence-electron chi connectivity index (χ1n) is 11.4. The van der Waals surface area contributed by atoms with E-state index in [9.17, 15) is 14.4 Å². The monoisotopic (exact) mass is 464 g/mol. The number of piperidine rings is 1. The third-order valence-electron chi connectivity index (χ3n) is 6.50. The predicted molar refractivity (Wildman–Crippen MR) is 129 cm³/mol. The average Bonchev–Trinajstić information content (AvgIpc) is 2.82. The maximum Gasteiger partial charge on any atom is 0.303 e. The molecule has 1 saturated heterocycles. The van der Waals surface area contributed by atoms with Crippen LogP contribution in [0.1, 0.15) is 60.6 Å². The quantitative estimate of drug-likeness (QED) is 0.351. The molecular weight excluding hydrogens is 432 g/mol. The standard InChI is InChI=1S/C26H32N4O4/c1-26(2,25(34)30-14-12-17(13-15-30)16-21(31)32)22(18-6-4-3-5-7-18)29-24(33)20-10-8-19(9-11-20)23(27)28/h3-11,17,22H,12-16H2,1-2H3,(H3,27,28)(H,29,33)(H,31,32). The van der Waals surface area contributed by atoms with E-state index in [2.05, 4.69) is 5.32 Å². The highest BCUT2D eigenvalue weighted by Crippen LogP contribution is 2.37. The van der Waals surface area contributed by atoms with Crippen molar-refractivity contribution in [1.29, 1.82) is 5.41 Å². The summed E-state index contributed by atoms with van der Waals surface area (Å²) in [5.41, 5.74) is 6.30. The molecule has 1 fully saturated rings. The van der Waals surface area contributed by atoms with Gasteiger partial charge in [-0.2, -0.15) is 0 Å². The number of nitrogens with zero attached hydrogens (tertiary/aromatic N) is 1. The molecule has 1 atom stereocenters. The number of aliphatic carboxylic acids is 1. The SMILES string of the molecule is CC(C)(C(=O)N1CCC(CC(=O)O)CC1)C(NC(=O)c1ccc(C(=N)N)cc1)c1ccccc1. The molecule has 1 unspecified atom stereocenters. The van der Waals surface area contributed by atoms with Crippen molar-refractivity contribution < 1.29 is 19.5 Å². The Morgan fingerprint density at radius 3 is 2.15 bits per heavy atom. The lowest BCUT2D eigenvalue weighted by Gasteiger charge is -2.40. The van der Waals surface area contributed by atoms with E-state index in [1.165, 1.54) is 0 Å². The van der Waals surface area contributed by atoms with Crippen LogP contribution in [0.15, 0.2) is 54.6 Å². The number of amidine groups is 1. The van der Waals surface area contributed by atoms with Crippen LogP contribution in [0.5, 0.6) is 0 Å². The molecule has 2 amide bonds. The highest BCUT2D eigenvalue weighted by molar-refractivity contribution is 5.98. The zero-order valence-corrected chi connectivity index (χ0v) is 19.6. The van der Waals surface area contributed by atoms with E-state index >= 15 is 0 Å². The molecule has 0 saturated carbocycles. The summed E-state index contributed by atoms with van der Waals surface area (Å²) < 4.78 is 0. The van der Waals surface area contributed by atoms with Gasteiger partial charge in [0.25, 0.3) is 5.91 Å². The van der Waals surface area contributed by atoms with E-state index in [1.54, 1.807) is 29.2 Å². The van der Waals surface area contributed by atoms with E-state index in [0.717, 1.165) is 5.56 Å². The number of carboxylic acids is 1. The average molecular weight is 465 g/mol. The number of nitrogens with two attached hydrogens (primary N) is 1. The fourth-order valence-corrected chi connectivity index (χ4v) is 4.46. The van der Waals surface area contributed by atoms with Crippen molar-refractivity contribution in [3.05, 3.63) is 71.3 Å². The summed E-state index contributed by atoms with van der Waals surface area (Å²) in [6, 6.07) is 15.3. The highest BCUT2D eigenvalue weighted by Gasteiger charge is 2.42. The first-order valence-corrected chi connectivity index (χ1v) is 11.4. The number of rotatable bonds is 8. The Labute approximate surface area is 199 Å². The smallest absolute Gasteiger partial charge is 0.303 e. The van der Waals surface area contributed by atoms with Crippen LogP contribution >= 0.6 is 0 Å². The fraction of sp³-hybridized carbons (Fsp3) is 0.385. The molecule has 8 heteroatoms. The minimum atomic E-state index is -0.948. The second-order valence-electron chi connectivity index (χ2n) is 9.36. The van der Waals surface area contributed by atoms with Crippen molar-refractivity contribution in [1.82, 2.24) is 10.2 Å². The van der Waals surface area contributed by atoms with E-state index in [-0.39, 0.29) is 30.0 Å². The molecule has 1 aliphatic heterocycles. The van der Waals surface area contributed by atoms with Gasteiger partial charge in [-0.3, -0.25) is 19.8 Å². The number of likely N-dealkylation sites (tertiary alicyclic amines) is 1. The van der Waals surface area contributed by atoms with Crippen LogP contribution < -0.4 is 11.1 Å². The summed E-state index contributed by atoms with van der Waals surface area (Å²) in [6.45, 7) is 4.66. The van der Waals surface area contributed by atoms with Crippen LogP contribution in [0.4, 0.5) is 0 Å². The van der Waals surface area contributed by atoms with E-state index < -0.39 is 17.4 Å². The van der Waals surface area contributed by atoms with E-state index in [1.807, 2.05) is 44.2 Å². The van der Waals surface area contributed by atoms with Gasteiger partial charge >= 0.3 is 5.97 Å². The number of hydrogen-bond acceptors (Lipinski definition) is 4. The Kier molecular flexibility index (Phi) is 7.71. The van der Waals surface area contributed by atoms with Gasteiger partial charge in [-0.1, -0.05) is 42.5 Å². The van der Waals surface area contributed by atoms with Gasteiger partial charge in [0.05, 0.1) is 11.5 Å². The van der Waals surface area contributed by atoms with Gasteiger partial charge in [-0.05, 0) is 50.3 Å². The fourth-order valence-electron chi connectivity index (χ4n) is 4.46. The first-order chi connectivity index (χ1) is 16.1. The van der Waals surface area contributed by atoms with Crippen LogP contribution in [0.2, 0.25) is 0 Å². The van der Waals surface area contributed by atoms with Gasteiger partial charge in [0, 0.05) is 30.6 Å². The summed E-state index contributed by atoms with van der Waals surface area (Å²) >= 11 is 0. The van der Waals surface area contributed by atoms with Crippen molar-refractivity contribution in [3.8, 4) is 0 Å². The van der Waals surface area contributed by atoms with Crippen molar-refractivity contribution in [2.45, 2.75) is 39.2 Å². The molecule has 8 nitrogen and oxygen atoms in total. The molecule has 180 valence electrons. The van der Waals surface area contributed by atoms with Crippen LogP contribution in [0.25, 0.3) is 0 Å². The summed E-state index contributed by atoms with van der Waals surface area (Å²) in [5.74, 6) is -1.22. The van der Waals surface area contributed by atoms with Crippen LogP contribution in [0, 0.1) is 16.7 Å². The van der Waals surface area contributed by atoms with Gasteiger partial charge in [0.1, 0.15) is 5.84 Å². The Bertz CT molecular complexity index is 1040. The van der Waals surface area contributed by atoms with Gasteiger partial charge in [0.2, 0.25) is 5.91 Å². The number of amides is 2. The number of benzene rings is 2. The maximum atomic E-state index is 13.6. The zero-order valence-electron chi connectivity index (χ0n) is 19.6. The Balaban J connectivity index is 1.80. The highest BCUT2D eigenvalue weighted by atomic mass is 16.4. The second kappa shape index (κ2) is 10.5. The topological polar surface area (TPSA) is 137 Å². The molecule has 3 rings (SSSR count). The summed E-state index contributed by atoms with van der Waals surface area (Å²) in [4.78, 5) is 39.5. The zero-order chi connectivity index (χ0) is 24.9. The van der Waals surface area contributed by atoms with Crippen LogP contribution in [-0.2, 0) is 9.59 Å². The third kappa shape index (κ3) is 5.81. The molecule has 5 N–H and O–H groups in total. The normalized spacial score (nSPS) is 15.4. The van der Waals surface area contributed by atoms with E-state index in [0.29, 0.717) is 37.1 Å². The Hall–Kier alpha value is -3.68. The molecule has 2 aromatic carbocycles. The lowest BCUT2D eigenvalue weighted by atomic mass is 9.78. The van der Waals surface area contributed by atoms with E-state index in [4.69, 9.17) is 16.2 Å². The van der Waals surface area contributed by atoms with Gasteiger partial charge in [-0.15, -0.1) is 0 Å². The maximum absolute atomic E-state index is 13.6. The molecule has 0 radical (unpaired) electrons.